The monoisotopic (exact) mass is 237 g/mol. The molecule has 0 heterocycles. The van der Waals surface area contributed by atoms with Crippen LogP contribution in [0.15, 0.2) is 24.3 Å². The number of ether oxygens (including phenoxy) is 1. The van der Waals surface area contributed by atoms with Gasteiger partial charge in [0, 0.05) is 23.0 Å². The van der Waals surface area contributed by atoms with Crippen molar-refractivity contribution in [1.82, 2.24) is 0 Å². The number of hydrogen-bond donors (Lipinski definition) is 0. The average Bonchev–Trinajstić information content (AvgIpc) is 2.15. The zero-order chi connectivity index (χ0) is 12.3. The molecular weight excluding hydrogens is 218 g/mol. The summed E-state index contributed by atoms with van der Waals surface area (Å²) in [5.74, 6) is 0. The first-order valence-corrected chi connectivity index (χ1v) is 6.33. The quantitative estimate of drug-likeness (QED) is 0.683. The van der Waals surface area contributed by atoms with Gasteiger partial charge in [-0.05, 0) is 32.9 Å². The topological polar surface area (TPSA) is 29.5 Å². The summed E-state index contributed by atoms with van der Waals surface area (Å²) in [6.45, 7) is 5.58. The zero-order valence-corrected chi connectivity index (χ0v) is 12.6. The van der Waals surface area contributed by atoms with Crippen LogP contribution < -0.4 is 10.1 Å². The number of nitrogens with zero attached hydrogens (tertiary/aromatic N) is 1. The van der Waals surface area contributed by atoms with E-state index in [1.54, 1.807) is 7.05 Å². The van der Waals surface area contributed by atoms with Crippen molar-refractivity contribution in [1.29, 1.82) is 0 Å². The van der Waals surface area contributed by atoms with Gasteiger partial charge in [0.25, 0.3) is 0 Å². The van der Waals surface area contributed by atoms with Gasteiger partial charge in [-0.1, -0.05) is 17.3 Å². The van der Waals surface area contributed by atoms with Crippen LogP contribution in [-0.2, 0) is 4.74 Å². The highest BCUT2D eigenvalue weighted by Crippen LogP contribution is 2.15. The van der Waals surface area contributed by atoms with Gasteiger partial charge >= 0.3 is 6.09 Å². The number of carbonyl (C=O) groups excluding carboxylic acids is 1. The molecule has 0 N–H and O–H groups in total. The van der Waals surface area contributed by atoms with E-state index in [0.29, 0.717) is 0 Å². The van der Waals surface area contributed by atoms with Crippen LogP contribution in [0, 0.1) is 0 Å². The minimum Gasteiger partial charge on any atom is -0.443 e. The Hall–Kier alpha value is -1.29. The fourth-order valence-corrected chi connectivity index (χ4v) is 1.54. The molecule has 1 aromatic rings. The summed E-state index contributed by atoms with van der Waals surface area (Å²) in [5.41, 5.74) is 0.400. The van der Waals surface area contributed by atoms with Gasteiger partial charge in [0.1, 0.15) is 5.60 Å². The number of anilines is 1. The summed E-state index contributed by atoms with van der Waals surface area (Å²) in [7, 11) is 2.74. The Morgan fingerprint density at radius 3 is 2.19 bits per heavy atom. The summed E-state index contributed by atoms with van der Waals surface area (Å²) >= 11 is 0. The van der Waals surface area contributed by atoms with Crippen LogP contribution >= 0.6 is 0 Å². The van der Waals surface area contributed by atoms with Gasteiger partial charge in [0.15, 0.2) is 0 Å². The van der Waals surface area contributed by atoms with E-state index < -0.39 is 5.60 Å². The van der Waals surface area contributed by atoms with Crippen LogP contribution in [0.25, 0.3) is 0 Å². The highest BCUT2D eigenvalue weighted by atomic mass is 28.1. The molecule has 0 saturated carbocycles. The summed E-state index contributed by atoms with van der Waals surface area (Å²) in [6, 6.07) is 7.93. The van der Waals surface area contributed by atoms with Gasteiger partial charge in [-0.3, -0.25) is 4.90 Å². The molecule has 1 aromatic carbocycles. The minimum atomic E-state index is -0.455. The second kappa shape index (κ2) is 4.70. The Morgan fingerprint density at radius 2 is 1.75 bits per heavy atom. The molecule has 4 heteroatoms. The molecule has 0 fully saturated rings. The highest BCUT2D eigenvalue weighted by Gasteiger charge is 2.20. The van der Waals surface area contributed by atoms with Gasteiger partial charge in [-0.2, -0.15) is 0 Å². The number of amides is 1. The standard InChI is InChI=1S/C12H19NO2Si/c1-12(2,3)15-11(14)13(4)9-5-7-10(16)8-6-9/h5-8H,1-4,16H3. The van der Waals surface area contributed by atoms with Crippen molar-refractivity contribution in [3.05, 3.63) is 24.3 Å². The Kier molecular flexibility index (Phi) is 3.75. The van der Waals surface area contributed by atoms with E-state index in [2.05, 4.69) is 0 Å². The summed E-state index contributed by atoms with van der Waals surface area (Å²) in [6.07, 6.45) is -0.325. The molecule has 3 nitrogen and oxygen atoms in total. The van der Waals surface area contributed by atoms with Crippen LogP contribution in [0.5, 0.6) is 0 Å². The van der Waals surface area contributed by atoms with Crippen molar-refractivity contribution in [3.63, 3.8) is 0 Å². The fourth-order valence-electron chi connectivity index (χ4n) is 1.20. The molecule has 1 amide bonds. The van der Waals surface area contributed by atoms with Crippen LogP contribution in [0.2, 0.25) is 0 Å². The van der Waals surface area contributed by atoms with Gasteiger partial charge in [-0.15, -0.1) is 0 Å². The van der Waals surface area contributed by atoms with E-state index >= 15 is 0 Å². The van der Waals surface area contributed by atoms with Crippen LogP contribution in [0.4, 0.5) is 10.5 Å². The second-order valence-corrected chi connectivity index (χ2v) is 6.03. The molecule has 0 atom stereocenters. The molecule has 88 valence electrons. The maximum Gasteiger partial charge on any atom is 0.414 e. The van der Waals surface area contributed by atoms with E-state index in [1.165, 1.54) is 10.1 Å². The molecule has 0 unspecified atom stereocenters. The molecule has 0 bridgehead atoms. The Balaban J connectivity index is 2.74. The predicted octanol–water partition coefficient (Wildman–Crippen LogP) is 1.05. The highest BCUT2D eigenvalue weighted by molar-refractivity contribution is 6.32. The smallest absolute Gasteiger partial charge is 0.414 e. The summed E-state index contributed by atoms with van der Waals surface area (Å²) in [5, 5.41) is 1.31. The van der Waals surface area contributed by atoms with Crippen molar-refractivity contribution in [2.45, 2.75) is 26.4 Å². The van der Waals surface area contributed by atoms with E-state index in [1.807, 2.05) is 45.0 Å². The first kappa shape index (κ1) is 12.8. The van der Waals surface area contributed by atoms with E-state index in [0.717, 1.165) is 15.9 Å². The van der Waals surface area contributed by atoms with Gasteiger partial charge < -0.3 is 4.74 Å². The number of benzene rings is 1. The molecule has 0 spiro atoms. The largest absolute Gasteiger partial charge is 0.443 e. The lowest BCUT2D eigenvalue weighted by Gasteiger charge is -2.24. The van der Waals surface area contributed by atoms with Crippen LogP contribution in [0.3, 0.4) is 0 Å². The normalized spacial score (nSPS) is 11.2. The maximum atomic E-state index is 11.8. The number of hydrogen-bond acceptors (Lipinski definition) is 2. The SMILES string of the molecule is CN(C(=O)OC(C)(C)C)c1ccc([SiH3])cc1. The molecule has 1 rings (SSSR count). The average molecular weight is 237 g/mol. The first-order chi connectivity index (χ1) is 7.29. The van der Waals surface area contributed by atoms with Crippen LogP contribution in [-0.4, -0.2) is 29.0 Å². The van der Waals surface area contributed by atoms with Gasteiger partial charge in [0.05, 0.1) is 0 Å². The Morgan fingerprint density at radius 1 is 1.25 bits per heavy atom. The van der Waals surface area contributed by atoms with E-state index in [4.69, 9.17) is 4.74 Å². The number of carbonyl (C=O) groups is 1. The molecular formula is C12H19NO2Si. The Bertz CT molecular complexity index is 368. The fraction of sp³-hybridized carbons (Fsp3) is 0.417. The Labute approximate surface area is 99.8 Å². The first-order valence-electron chi connectivity index (χ1n) is 5.33. The third-order valence-electron chi connectivity index (χ3n) is 2.09. The third kappa shape index (κ3) is 3.70. The predicted molar refractivity (Wildman–Crippen MR) is 70.7 cm³/mol. The van der Waals surface area contributed by atoms with Crippen molar-refractivity contribution in [2.75, 3.05) is 11.9 Å². The van der Waals surface area contributed by atoms with E-state index in [9.17, 15) is 4.79 Å². The molecule has 0 aliphatic rings. The van der Waals surface area contributed by atoms with Crippen molar-refractivity contribution in [2.24, 2.45) is 0 Å². The molecule has 0 radical (unpaired) electrons. The molecule has 0 aliphatic carbocycles. The second-order valence-electron chi connectivity index (χ2n) is 4.87. The summed E-state index contributed by atoms with van der Waals surface area (Å²) in [4.78, 5) is 13.3. The molecule has 0 aliphatic heterocycles. The lowest BCUT2D eigenvalue weighted by atomic mass is 10.2. The lowest BCUT2D eigenvalue weighted by Crippen LogP contribution is -2.34. The lowest BCUT2D eigenvalue weighted by molar-refractivity contribution is 0.0589. The molecule has 0 aromatic heterocycles. The third-order valence-corrected chi connectivity index (χ3v) is 2.76. The van der Waals surface area contributed by atoms with Crippen molar-refractivity contribution >= 4 is 27.2 Å². The summed E-state index contributed by atoms with van der Waals surface area (Å²) < 4.78 is 5.28. The maximum absolute atomic E-state index is 11.8. The zero-order valence-electron chi connectivity index (χ0n) is 10.6. The molecule has 0 saturated heterocycles. The van der Waals surface area contributed by atoms with E-state index in [-0.39, 0.29) is 6.09 Å². The minimum absolute atomic E-state index is 0.325. The van der Waals surface area contributed by atoms with Crippen LogP contribution in [0.1, 0.15) is 20.8 Å². The van der Waals surface area contributed by atoms with Crippen molar-refractivity contribution in [3.8, 4) is 0 Å². The van der Waals surface area contributed by atoms with Gasteiger partial charge in [-0.25, -0.2) is 4.79 Å². The number of rotatable bonds is 1. The van der Waals surface area contributed by atoms with Crippen molar-refractivity contribution < 1.29 is 9.53 Å². The van der Waals surface area contributed by atoms with Gasteiger partial charge in [0.2, 0.25) is 0 Å². The molecule has 16 heavy (non-hydrogen) atoms.